The van der Waals surface area contributed by atoms with E-state index in [9.17, 15) is 13.5 Å². The van der Waals surface area contributed by atoms with Crippen molar-refractivity contribution >= 4 is 9.84 Å². The molecule has 3 heterocycles. The molecule has 0 aromatic carbocycles. The van der Waals surface area contributed by atoms with Gasteiger partial charge in [-0.3, -0.25) is 0 Å². The van der Waals surface area contributed by atoms with Crippen molar-refractivity contribution in [1.82, 2.24) is 0 Å². The first-order chi connectivity index (χ1) is 8.50. The lowest BCUT2D eigenvalue weighted by Gasteiger charge is -2.44. The summed E-state index contributed by atoms with van der Waals surface area (Å²) in [4.78, 5) is 0. The number of rotatable bonds is 2. The molecular formula is C12H20O5S. The van der Waals surface area contributed by atoms with Crippen LogP contribution in [0.1, 0.15) is 38.5 Å². The Hall–Kier alpha value is -0.170. The number of sulfone groups is 1. The maximum absolute atomic E-state index is 12.1. The molecule has 5 nitrogen and oxygen atoms in total. The molecule has 0 aliphatic carbocycles. The van der Waals surface area contributed by atoms with Crippen LogP contribution in [0.15, 0.2) is 0 Å². The summed E-state index contributed by atoms with van der Waals surface area (Å²) in [5.41, 5.74) is -0.934. The van der Waals surface area contributed by atoms with Gasteiger partial charge in [-0.05, 0) is 25.7 Å². The molecule has 2 unspecified atom stereocenters. The highest BCUT2D eigenvalue weighted by atomic mass is 32.2. The van der Waals surface area contributed by atoms with Crippen LogP contribution in [-0.2, 0) is 19.3 Å². The lowest BCUT2D eigenvalue weighted by molar-refractivity contribution is -0.110. The summed E-state index contributed by atoms with van der Waals surface area (Å²) >= 11 is 0. The molecule has 0 spiro atoms. The van der Waals surface area contributed by atoms with Gasteiger partial charge in [-0.25, -0.2) is 8.42 Å². The van der Waals surface area contributed by atoms with Crippen LogP contribution < -0.4 is 0 Å². The number of fused-ring (bicyclic) bond motifs is 2. The number of hydrogen-bond acceptors (Lipinski definition) is 5. The fourth-order valence-corrected chi connectivity index (χ4v) is 6.16. The summed E-state index contributed by atoms with van der Waals surface area (Å²) in [6.07, 6.45) is 3.05. The molecule has 6 heteroatoms. The highest BCUT2D eigenvalue weighted by molar-refractivity contribution is 7.92. The zero-order chi connectivity index (χ0) is 12.8. The minimum Gasteiger partial charge on any atom is -0.390 e. The van der Waals surface area contributed by atoms with Crippen LogP contribution in [0.4, 0.5) is 0 Å². The third kappa shape index (κ3) is 2.19. The Morgan fingerprint density at radius 2 is 1.67 bits per heavy atom. The van der Waals surface area contributed by atoms with E-state index in [4.69, 9.17) is 9.47 Å². The van der Waals surface area contributed by atoms with E-state index in [-0.39, 0.29) is 16.8 Å². The van der Waals surface area contributed by atoms with Gasteiger partial charge < -0.3 is 14.6 Å². The summed E-state index contributed by atoms with van der Waals surface area (Å²) < 4.78 is 35.0. The first kappa shape index (κ1) is 12.8. The molecule has 3 saturated heterocycles. The number of ether oxygens (including phenoxy) is 2. The maximum atomic E-state index is 12.1. The molecule has 0 amide bonds. The van der Waals surface area contributed by atoms with Crippen LogP contribution in [-0.4, -0.2) is 49.1 Å². The minimum absolute atomic E-state index is 0.342. The first-order valence-electron chi connectivity index (χ1n) is 6.68. The molecule has 2 bridgehead atoms. The predicted molar refractivity (Wildman–Crippen MR) is 64.8 cm³/mol. The molecule has 3 fully saturated rings. The van der Waals surface area contributed by atoms with E-state index in [1.807, 2.05) is 0 Å². The highest BCUT2D eigenvalue weighted by Gasteiger charge is 2.51. The molecule has 2 atom stereocenters. The van der Waals surface area contributed by atoms with Crippen molar-refractivity contribution < 1.29 is 23.0 Å². The van der Waals surface area contributed by atoms with Crippen molar-refractivity contribution in [1.29, 1.82) is 0 Å². The van der Waals surface area contributed by atoms with Gasteiger partial charge in [0.05, 0.1) is 29.3 Å². The first-order valence-corrected chi connectivity index (χ1v) is 8.29. The molecule has 18 heavy (non-hydrogen) atoms. The smallest absolute Gasteiger partial charge is 0.160 e. The normalized spacial score (nSPS) is 44.1. The van der Waals surface area contributed by atoms with Gasteiger partial charge in [0.25, 0.3) is 0 Å². The lowest BCUT2D eigenvalue weighted by atomic mass is 9.83. The third-order valence-electron chi connectivity index (χ3n) is 4.43. The molecule has 0 aromatic heterocycles. The van der Waals surface area contributed by atoms with Gasteiger partial charge in [-0.1, -0.05) is 6.42 Å². The SMILES string of the molecule is O=S1(=O)C2CCCC1CC(O)(CC1OCCO1)C2. The molecular weight excluding hydrogens is 256 g/mol. The fourth-order valence-electron chi connectivity index (χ4n) is 3.54. The molecule has 0 saturated carbocycles. The van der Waals surface area contributed by atoms with E-state index in [0.717, 1.165) is 6.42 Å². The van der Waals surface area contributed by atoms with Crippen LogP contribution >= 0.6 is 0 Å². The van der Waals surface area contributed by atoms with Crippen molar-refractivity contribution in [3.8, 4) is 0 Å². The Bertz CT molecular complexity index is 392. The maximum Gasteiger partial charge on any atom is 0.160 e. The van der Waals surface area contributed by atoms with Crippen molar-refractivity contribution in [3.05, 3.63) is 0 Å². The second-order valence-corrected chi connectivity index (χ2v) is 8.28. The minimum atomic E-state index is -3.01. The van der Waals surface area contributed by atoms with Crippen LogP contribution in [0.2, 0.25) is 0 Å². The molecule has 3 rings (SSSR count). The predicted octanol–water partition coefficient (Wildman–Crippen LogP) is 0.610. The molecule has 3 aliphatic heterocycles. The molecule has 3 aliphatic rings. The van der Waals surface area contributed by atoms with Crippen LogP contribution in [0.25, 0.3) is 0 Å². The standard InChI is InChI=1S/C12H20O5S/c13-12(8-11-16-4-5-17-11)6-9-2-1-3-10(7-12)18(9,14)15/h9-11,13H,1-8H2. The largest absolute Gasteiger partial charge is 0.390 e. The van der Waals surface area contributed by atoms with Crippen molar-refractivity contribution in [2.24, 2.45) is 0 Å². The Morgan fingerprint density at radius 3 is 2.22 bits per heavy atom. The molecule has 1 N–H and O–H groups in total. The van der Waals surface area contributed by atoms with Gasteiger partial charge in [-0.2, -0.15) is 0 Å². The monoisotopic (exact) mass is 276 g/mol. The lowest BCUT2D eigenvalue weighted by Crippen LogP contribution is -2.52. The summed E-state index contributed by atoms with van der Waals surface area (Å²) in [6, 6.07) is 0. The van der Waals surface area contributed by atoms with E-state index in [0.29, 0.717) is 45.3 Å². The summed E-state index contributed by atoms with van der Waals surface area (Å²) in [6.45, 7) is 1.12. The average molecular weight is 276 g/mol. The van der Waals surface area contributed by atoms with E-state index in [2.05, 4.69) is 0 Å². The number of aliphatic hydroxyl groups is 1. The highest BCUT2D eigenvalue weighted by Crippen LogP contribution is 2.43. The fraction of sp³-hybridized carbons (Fsp3) is 1.00. The summed E-state index contributed by atoms with van der Waals surface area (Å²) in [7, 11) is -3.01. The van der Waals surface area contributed by atoms with Crippen LogP contribution in [0.3, 0.4) is 0 Å². The second kappa shape index (κ2) is 4.44. The zero-order valence-corrected chi connectivity index (χ0v) is 11.2. The topological polar surface area (TPSA) is 72.8 Å². The second-order valence-electron chi connectivity index (χ2n) is 5.77. The Balaban J connectivity index is 1.75. The van der Waals surface area contributed by atoms with Gasteiger partial charge in [0.15, 0.2) is 16.1 Å². The van der Waals surface area contributed by atoms with Crippen LogP contribution in [0, 0.1) is 0 Å². The van der Waals surface area contributed by atoms with E-state index in [1.54, 1.807) is 0 Å². The van der Waals surface area contributed by atoms with Crippen molar-refractivity contribution in [2.45, 2.75) is 60.9 Å². The van der Waals surface area contributed by atoms with Crippen LogP contribution in [0.5, 0.6) is 0 Å². The van der Waals surface area contributed by atoms with Gasteiger partial charge in [0.2, 0.25) is 0 Å². The Kier molecular flexibility index (Phi) is 3.17. The third-order valence-corrected chi connectivity index (χ3v) is 7.10. The van der Waals surface area contributed by atoms with E-state index < -0.39 is 15.4 Å². The van der Waals surface area contributed by atoms with Gasteiger partial charge in [0, 0.05) is 6.42 Å². The summed E-state index contributed by atoms with van der Waals surface area (Å²) in [5, 5.41) is 9.92. The Morgan fingerprint density at radius 1 is 1.11 bits per heavy atom. The van der Waals surface area contributed by atoms with Gasteiger partial charge in [-0.15, -0.1) is 0 Å². The summed E-state index contributed by atoms with van der Waals surface area (Å²) in [5.74, 6) is 0. The van der Waals surface area contributed by atoms with E-state index in [1.165, 1.54) is 0 Å². The number of hydrogen-bond donors (Lipinski definition) is 1. The molecule has 104 valence electrons. The van der Waals surface area contributed by atoms with E-state index >= 15 is 0 Å². The van der Waals surface area contributed by atoms with Crippen molar-refractivity contribution in [2.75, 3.05) is 13.2 Å². The average Bonchev–Trinajstić information content (AvgIpc) is 2.73. The van der Waals surface area contributed by atoms with Gasteiger partial charge in [0.1, 0.15) is 0 Å². The molecule has 0 aromatic rings. The Labute approximate surface area is 107 Å². The van der Waals surface area contributed by atoms with Crippen molar-refractivity contribution in [3.63, 3.8) is 0 Å². The quantitative estimate of drug-likeness (QED) is 0.800. The molecule has 0 radical (unpaired) electrons. The zero-order valence-electron chi connectivity index (χ0n) is 10.4. The van der Waals surface area contributed by atoms with Gasteiger partial charge >= 0.3 is 0 Å².